The van der Waals surface area contributed by atoms with Crippen LogP contribution in [0.4, 0.5) is 5.69 Å². The number of hydrogen-bond donors (Lipinski definition) is 1. The molecular weight excluding hydrogens is 267 g/mol. The molecule has 1 heterocycles. The van der Waals surface area contributed by atoms with E-state index in [9.17, 15) is 0 Å². The van der Waals surface area contributed by atoms with Crippen LogP contribution in [0.3, 0.4) is 0 Å². The van der Waals surface area contributed by atoms with Gasteiger partial charge in [-0.25, -0.2) is 4.98 Å². The van der Waals surface area contributed by atoms with Gasteiger partial charge in [-0.2, -0.15) is 0 Å². The predicted octanol–water partition coefficient (Wildman–Crippen LogP) is 4.95. The molecule has 1 atom stereocenters. The first-order valence-corrected chi connectivity index (χ1v) is 6.59. The van der Waals surface area contributed by atoms with Gasteiger partial charge in [0.05, 0.1) is 11.7 Å². The summed E-state index contributed by atoms with van der Waals surface area (Å²) in [6.45, 7) is 2.12. The molecule has 94 valence electrons. The van der Waals surface area contributed by atoms with Crippen LogP contribution in [-0.4, -0.2) is 4.98 Å². The molecule has 18 heavy (non-hydrogen) atoms. The molecule has 1 N–H and O–H groups in total. The van der Waals surface area contributed by atoms with E-state index in [4.69, 9.17) is 23.2 Å². The van der Waals surface area contributed by atoms with Crippen LogP contribution in [0.25, 0.3) is 0 Å². The van der Waals surface area contributed by atoms with Gasteiger partial charge >= 0.3 is 0 Å². The van der Waals surface area contributed by atoms with Crippen molar-refractivity contribution < 1.29 is 0 Å². The summed E-state index contributed by atoms with van der Waals surface area (Å²) in [6.07, 6.45) is 2.63. The summed E-state index contributed by atoms with van der Waals surface area (Å²) < 4.78 is 0. The lowest BCUT2D eigenvalue weighted by Gasteiger charge is -2.19. The number of pyridine rings is 1. The number of nitrogens with zero attached hydrogens (tertiary/aromatic N) is 1. The van der Waals surface area contributed by atoms with Crippen LogP contribution in [0.2, 0.25) is 10.2 Å². The summed E-state index contributed by atoms with van der Waals surface area (Å²) in [4.78, 5) is 4.06. The highest BCUT2D eigenvalue weighted by Gasteiger charge is 2.10. The van der Waals surface area contributed by atoms with Gasteiger partial charge in [0.2, 0.25) is 0 Å². The highest BCUT2D eigenvalue weighted by molar-refractivity contribution is 6.32. The molecule has 1 aromatic carbocycles. The Kier molecular flexibility index (Phi) is 4.45. The monoisotopic (exact) mass is 280 g/mol. The lowest BCUT2D eigenvalue weighted by atomic mass is 10.0. The molecule has 1 aromatic heterocycles. The van der Waals surface area contributed by atoms with Crippen LogP contribution in [0.15, 0.2) is 42.6 Å². The Morgan fingerprint density at radius 2 is 1.89 bits per heavy atom. The van der Waals surface area contributed by atoms with Crippen molar-refractivity contribution in [3.8, 4) is 0 Å². The van der Waals surface area contributed by atoms with E-state index in [1.165, 1.54) is 5.56 Å². The highest BCUT2D eigenvalue weighted by atomic mass is 35.5. The lowest BCUT2D eigenvalue weighted by molar-refractivity contribution is 0.749. The number of halogens is 2. The number of benzene rings is 1. The number of hydrogen-bond acceptors (Lipinski definition) is 2. The predicted molar refractivity (Wildman–Crippen MR) is 77.4 cm³/mol. The molecule has 0 radical (unpaired) electrons. The Hall–Kier alpha value is -1.25. The molecule has 0 saturated carbocycles. The minimum absolute atomic E-state index is 0.198. The van der Waals surface area contributed by atoms with E-state index in [1.807, 2.05) is 36.4 Å². The Balaban J connectivity index is 2.20. The summed E-state index contributed by atoms with van der Waals surface area (Å²) in [5.74, 6) is 0. The first-order chi connectivity index (χ1) is 8.70. The Labute approximate surface area is 117 Å². The zero-order valence-corrected chi connectivity index (χ0v) is 11.5. The third-order valence-corrected chi connectivity index (χ3v) is 3.32. The number of aromatic nitrogens is 1. The Morgan fingerprint density at radius 1 is 1.17 bits per heavy atom. The van der Waals surface area contributed by atoms with Crippen molar-refractivity contribution in [1.29, 1.82) is 0 Å². The van der Waals surface area contributed by atoms with Crippen LogP contribution in [0.1, 0.15) is 24.9 Å². The first-order valence-electron chi connectivity index (χ1n) is 5.83. The van der Waals surface area contributed by atoms with E-state index in [-0.39, 0.29) is 6.04 Å². The second-order valence-electron chi connectivity index (χ2n) is 4.00. The minimum Gasteiger partial charge on any atom is -0.376 e. The van der Waals surface area contributed by atoms with E-state index in [2.05, 4.69) is 17.2 Å². The van der Waals surface area contributed by atoms with Crippen LogP contribution < -0.4 is 5.32 Å². The largest absolute Gasteiger partial charge is 0.376 e. The topological polar surface area (TPSA) is 24.9 Å². The van der Waals surface area contributed by atoms with E-state index in [1.54, 1.807) is 6.20 Å². The lowest BCUT2D eigenvalue weighted by Crippen LogP contribution is -2.10. The number of rotatable bonds is 4. The highest BCUT2D eigenvalue weighted by Crippen LogP contribution is 2.26. The molecule has 2 nitrogen and oxygen atoms in total. The maximum atomic E-state index is 6.04. The molecule has 0 amide bonds. The molecular formula is C14H14Cl2N2. The van der Waals surface area contributed by atoms with Gasteiger partial charge in [-0.1, -0.05) is 42.3 Å². The number of nitrogens with one attached hydrogen (secondary N) is 1. The minimum atomic E-state index is 0.198. The average Bonchev–Trinajstić information content (AvgIpc) is 2.39. The van der Waals surface area contributed by atoms with Crippen molar-refractivity contribution in [3.63, 3.8) is 0 Å². The van der Waals surface area contributed by atoms with Gasteiger partial charge in [0, 0.05) is 11.2 Å². The second kappa shape index (κ2) is 6.07. The average molecular weight is 281 g/mol. The van der Waals surface area contributed by atoms with E-state index in [0.29, 0.717) is 5.15 Å². The summed E-state index contributed by atoms with van der Waals surface area (Å²) in [5, 5.41) is 4.63. The van der Waals surface area contributed by atoms with Crippen LogP contribution >= 0.6 is 23.2 Å². The fraction of sp³-hybridized carbons (Fsp3) is 0.214. The maximum absolute atomic E-state index is 6.04. The number of anilines is 1. The molecule has 0 fully saturated rings. The van der Waals surface area contributed by atoms with Crippen LogP contribution in [0.5, 0.6) is 0 Å². The van der Waals surface area contributed by atoms with Crippen LogP contribution in [0, 0.1) is 0 Å². The van der Waals surface area contributed by atoms with E-state index >= 15 is 0 Å². The normalized spacial score (nSPS) is 12.2. The maximum Gasteiger partial charge on any atom is 0.152 e. The van der Waals surface area contributed by atoms with Crippen molar-refractivity contribution >= 4 is 28.9 Å². The Morgan fingerprint density at radius 3 is 2.50 bits per heavy atom. The fourth-order valence-corrected chi connectivity index (χ4v) is 2.10. The second-order valence-corrected chi connectivity index (χ2v) is 4.79. The van der Waals surface area contributed by atoms with Crippen molar-refractivity contribution in [3.05, 3.63) is 58.3 Å². The van der Waals surface area contributed by atoms with Gasteiger partial charge in [-0.15, -0.1) is 0 Å². The van der Waals surface area contributed by atoms with E-state index < -0.39 is 0 Å². The SMILES string of the molecule is CCC(Nc1cccnc1Cl)c1ccc(Cl)cc1. The van der Waals surface area contributed by atoms with Crippen molar-refractivity contribution in [2.45, 2.75) is 19.4 Å². The Bertz CT molecular complexity index is 511. The molecule has 0 aliphatic carbocycles. The third-order valence-electron chi connectivity index (χ3n) is 2.77. The molecule has 0 aliphatic rings. The van der Waals surface area contributed by atoms with E-state index in [0.717, 1.165) is 17.1 Å². The summed E-state index contributed by atoms with van der Waals surface area (Å²) >= 11 is 11.9. The summed E-state index contributed by atoms with van der Waals surface area (Å²) in [7, 11) is 0. The molecule has 4 heteroatoms. The smallest absolute Gasteiger partial charge is 0.152 e. The van der Waals surface area contributed by atoms with Crippen molar-refractivity contribution in [2.75, 3.05) is 5.32 Å². The molecule has 0 saturated heterocycles. The van der Waals surface area contributed by atoms with Crippen LogP contribution in [-0.2, 0) is 0 Å². The quantitative estimate of drug-likeness (QED) is 0.802. The van der Waals surface area contributed by atoms with Gasteiger partial charge in [0.1, 0.15) is 0 Å². The van der Waals surface area contributed by atoms with Gasteiger partial charge in [0.15, 0.2) is 5.15 Å². The van der Waals surface area contributed by atoms with Crippen molar-refractivity contribution in [2.24, 2.45) is 0 Å². The zero-order chi connectivity index (χ0) is 13.0. The van der Waals surface area contributed by atoms with Crippen molar-refractivity contribution in [1.82, 2.24) is 4.98 Å². The molecule has 1 unspecified atom stereocenters. The molecule has 2 aromatic rings. The van der Waals surface area contributed by atoms with Gasteiger partial charge in [0.25, 0.3) is 0 Å². The standard InChI is InChI=1S/C14H14Cl2N2/c1-2-12(10-5-7-11(15)8-6-10)18-13-4-3-9-17-14(13)16/h3-9,12,18H,2H2,1H3. The first kappa shape index (κ1) is 13.2. The van der Waals surface area contributed by atoms with Gasteiger partial charge in [-0.05, 0) is 36.2 Å². The molecule has 0 aliphatic heterocycles. The summed E-state index contributed by atoms with van der Waals surface area (Å²) in [6, 6.07) is 11.8. The molecule has 0 bridgehead atoms. The fourth-order valence-electron chi connectivity index (χ4n) is 1.80. The van der Waals surface area contributed by atoms with Gasteiger partial charge < -0.3 is 5.32 Å². The zero-order valence-electron chi connectivity index (χ0n) is 10.0. The summed E-state index contributed by atoms with van der Waals surface area (Å²) in [5.41, 5.74) is 2.03. The van der Waals surface area contributed by atoms with Gasteiger partial charge in [-0.3, -0.25) is 0 Å². The molecule has 0 spiro atoms. The third kappa shape index (κ3) is 3.15. The molecule has 2 rings (SSSR count).